The molecule has 0 atom stereocenters. The SMILES string of the molecule is COc1ccccc1C(=N)[O-]. The van der Waals surface area contributed by atoms with Gasteiger partial charge in [0.25, 0.3) is 0 Å². The maximum atomic E-state index is 10.6. The van der Waals surface area contributed by atoms with Crippen LogP contribution in [0.5, 0.6) is 5.75 Å². The molecule has 0 saturated carbocycles. The lowest BCUT2D eigenvalue weighted by atomic mass is 10.2. The molecule has 1 aromatic rings. The summed E-state index contributed by atoms with van der Waals surface area (Å²) in [5.74, 6) is -0.269. The lowest BCUT2D eigenvalue weighted by Crippen LogP contribution is -2.17. The summed E-state index contributed by atoms with van der Waals surface area (Å²) in [6, 6.07) is 6.67. The Labute approximate surface area is 64.8 Å². The molecule has 0 aliphatic rings. The molecule has 0 aliphatic heterocycles. The third-order valence-electron chi connectivity index (χ3n) is 1.35. The van der Waals surface area contributed by atoms with E-state index in [1.807, 2.05) is 0 Å². The van der Waals surface area contributed by atoms with Gasteiger partial charge in [-0.3, -0.25) is 0 Å². The third-order valence-corrected chi connectivity index (χ3v) is 1.35. The van der Waals surface area contributed by atoms with E-state index < -0.39 is 5.90 Å². The van der Waals surface area contributed by atoms with Crippen LogP contribution in [0.1, 0.15) is 5.56 Å². The number of rotatable bonds is 2. The van der Waals surface area contributed by atoms with E-state index in [0.29, 0.717) is 11.3 Å². The first-order valence-corrected chi connectivity index (χ1v) is 3.14. The van der Waals surface area contributed by atoms with Crippen molar-refractivity contribution in [1.82, 2.24) is 0 Å². The summed E-state index contributed by atoms with van der Waals surface area (Å²) in [6.45, 7) is 0. The standard InChI is InChI=1S/C8H9NO2/c1-11-7-5-3-2-4-6(7)8(9)10/h2-5H,1H3,(H2,9,10)/p-1. The molecule has 1 aromatic carbocycles. The van der Waals surface area contributed by atoms with Crippen LogP contribution in [0.2, 0.25) is 0 Å². The van der Waals surface area contributed by atoms with Crippen LogP contribution in [0.3, 0.4) is 0 Å². The molecular weight excluding hydrogens is 142 g/mol. The van der Waals surface area contributed by atoms with Crippen molar-refractivity contribution in [3.63, 3.8) is 0 Å². The summed E-state index contributed by atoms with van der Waals surface area (Å²) in [5.41, 5.74) is 0.301. The number of hydrogen-bond acceptors (Lipinski definition) is 3. The minimum atomic E-state index is -0.720. The zero-order valence-corrected chi connectivity index (χ0v) is 6.13. The fourth-order valence-electron chi connectivity index (χ4n) is 0.832. The van der Waals surface area contributed by atoms with E-state index in [1.165, 1.54) is 7.11 Å². The van der Waals surface area contributed by atoms with Crippen molar-refractivity contribution in [2.75, 3.05) is 7.11 Å². The summed E-state index contributed by atoms with van der Waals surface area (Å²) in [6.07, 6.45) is 0. The van der Waals surface area contributed by atoms with Gasteiger partial charge >= 0.3 is 0 Å². The molecule has 1 rings (SSSR count). The van der Waals surface area contributed by atoms with Crippen molar-refractivity contribution in [1.29, 1.82) is 5.41 Å². The zero-order valence-electron chi connectivity index (χ0n) is 6.13. The minimum absolute atomic E-state index is 0.301. The van der Waals surface area contributed by atoms with Gasteiger partial charge in [0.2, 0.25) is 0 Å². The summed E-state index contributed by atoms with van der Waals surface area (Å²) in [5, 5.41) is 17.5. The molecular formula is C8H8NO2-. The molecule has 0 saturated heterocycles. The van der Waals surface area contributed by atoms with E-state index in [9.17, 15) is 5.11 Å². The van der Waals surface area contributed by atoms with Gasteiger partial charge in [-0.25, -0.2) is 0 Å². The molecule has 0 unspecified atom stereocenters. The highest BCUT2D eigenvalue weighted by Gasteiger charge is 1.97. The Balaban J connectivity index is 3.12. The number of benzene rings is 1. The Bertz CT molecular complexity index is 271. The Morgan fingerprint density at radius 3 is 2.55 bits per heavy atom. The van der Waals surface area contributed by atoms with Crippen molar-refractivity contribution in [3.05, 3.63) is 29.8 Å². The molecule has 0 aromatic heterocycles. The van der Waals surface area contributed by atoms with Crippen LogP contribution in [0.4, 0.5) is 0 Å². The third kappa shape index (κ3) is 1.49. The van der Waals surface area contributed by atoms with Gasteiger partial charge in [0.1, 0.15) is 5.75 Å². The van der Waals surface area contributed by atoms with E-state index in [1.54, 1.807) is 24.3 Å². The van der Waals surface area contributed by atoms with Gasteiger partial charge in [0.05, 0.1) is 7.11 Å². The highest BCUT2D eigenvalue weighted by atomic mass is 16.5. The van der Waals surface area contributed by atoms with Crippen LogP contribution in [-0.4, -0.2) is 13.0 Å². The fraction of sp³-hybridized carbons (Fsp3) is 0.125. The molecule has 3 nitrogen and oxygen atoms in total. The van der Waals surface area contributed by atoms with Crippen molar-refractivity contribution >= 4 is 5.90 Å². The molecule has 0 bridgehead atoms. The second-order valence-electron chi connectivity index (χ2n) is 2.03. The highest BCUT2D eigenvalue weighted by Crippen LogP contribution is 2.15. The number of hydrogen-bond donors (Lipinski definition) is 1. The summed E-state index contributed by atoms with van der Waals surface area (Å²) < 4.78 is 4.87. The maximum absolute atomic E-state index is 10.6. The van der Waals surface area contributed by atoms with Gasteiger partial charge in [-0.2, -0.15) is 0 Å². The van der Waals surface area contributed by atoms with Crippen LogP contribution in [0.25, 0.3) is 0 Å². The molecule has 0 amide bonds. The first-order valence-electron chi connectivity index (χ1n) is 3.14. The lowest BCUT2D eigenvalue weighted by molar-refractivity contribution is -0.214. The van der Waals surface area contributed by atoms with Crippen molar-refractivity contribution < 1.29 is 9.84 Å². The van der Waals surface area contributed by atoms with E-state index in [0.717, 1.165) is 0 Å². The van der Waals surface area contributed by atoms with Gasteiger partial charge in [-0.1, -0.05) is 18.2 Å². The smallest absolute Gasteiger partial charge is 0.126 e. The lowest BCUT2D eigenvalue weighted by Gasteiger charge is -2.11. The van der Waals surface area contributed by atoms with Crippen LogP contribution in [0.15, 0.2) is 24.3 Å². The Morgan fingerprint density at radius 1 is 1.45 bits per heavy atom. The topological polar surface area (TPSA) is 56.1 Å². The van der Waals surface area contributed by atoms with Crippen molar-refractivity contribution in [2.24, 2.45) is 0 Å². The fourth-order valence-corrected chi connectivity index (χ4v) is 0.832. The zero-order chi connectivity index (χ0) is 8.27. The van der Waals surface area contributed by atoms with Crippen LogP contribution in [-0.2, 0) is 0 Å². The van der Waals surface area contributed by atoms with Crippen LogP contribution < -0.4 is 9.84 Å². The summed E-state index contributed by atoms with van der Waals surface area (Å²) in [4.78, 5) is 0. The average Bonchev–Trinajstić information content (AvgIpc) is 2.04. The van der Waals surface area contributed by atoms with Gasteiger partial charge in [0.15, 0.2) is 0 Å². The largest absolute Gasteiger partial charge is 0.859 e. The predicted octanol–water partition coefficient (Wildman–Crippen LogP) is 0.381. The number of methoxy groups -OCH3 is 1. The minimum Gasteiger partial charge on any atom is -0.859 e. The first-order chi connectivity index (χ1) is 5.25. The van der Waals surface area contributed by atoms with E-state index in [4.69, 9.17) is 10.1 Å². The molecule has 58 valence electrons. The van der Waals surface area contributed by atoms with Crippen LogP contribution in [0, 0.1) is 5.41 Å². The van der Waals surface area contributed by atoms with Gasteiger partial charge in [-0.15, -0.1) is 0 Å². The van der Waals surface area contributed by atoms with Gasteiger partial charge in [-0.05, 0) is 12.0 Å². The second kappa shape index (κ2) is 3.05. The molecule has 0 heterocycles. The molecule has 11 heavy (non-hydrogen) atoms. The van der Waals surface area contributed by atoms with E-state index >= 15 is 0 Å². The molecule has 0 radical (unpaired) electrons. The van der Waals surface area contributed by atoms with Gasteiger partial charge in [0, 0.05) is 5.56 Å². The number of para-hydroxylation sites is 1. The predicted molar refractivity (Wildman–Crippen MR) is 39.8 cm³/mol. The number of ether oxygens (including phenoxy) is 1. The van der Waals surface area contributed by atoms with Crippen molar-refractivity contribution in [2.45, 2.75) is 0 Å². The van der Waals surface area contributed by atoms with Gasteiger partial charge < -0.3 is 15.3 Å². The molecule has 0 aliphatic carbocycles. The molecule has 3 heteroatoms. The molecule has 0 fully saturated rings. The second-order valence-corrected chi connectivity index (χ2v) is 2.03. The summed E-state index contributed by atoms with van der Waals surface area (Å²) >= 11 is 0. The Kier molecular flexibility index (Phi) is 2.11. The Hall–Kier alpha value is -1.51. The highest BCUT2D eigenvalue weighted by molar-refractivity contribution is 5.91. The van der Waals surface area contributed by atoms with Crippen molar-refractivity contribution in [3.8, 4) is 5.75 Å². The number of nitrogens with one attached hydrogen (secondary N) is 1. The quantitative estimate of drug-likeness (QED) is 0.489. The molecule has 0 spiro atoms. The average molecular weight is 150 g/mol. The first kappa shape index (κ1) is 7.60. The Morgan fingerprint density at radius 2 is 2.09 bits per heavy atom. The normalized spacial score (nSPS) is 9.18. The van der Waals surface area contributed by atoms with E-state index in [-0.39, 0.29) is 0 Å². The molecule has 1 N–H and O–H groups in total. The summed E-state index contributed by atoms with van der Waals surface area (Å²) in [7, 11) is 1.47. The monoisotopic (exact) mass is 150 g/mol. The van der Waals surface area contributed by atoms with Crippen LogP contribution >= 0.6 is 0 Å². The maximum Gasteiger partial charge on any atom is 0.126 e. The van der Waals surface area contributed by atoms with E-state index in [2.05, 4.69) is 0 Å².